The van der Waals surface area contributed by atoms with E-state index in [-0.39, 0.29) is 17.7 Å². The molecule has 0 atom stereocenters. The Kier molecular flexibility index (Phi) is 5.80. The Labute approximate surface area is 139 Å². The molecular weight excluding hydrogens is 288 g/mol. The molecule has 0 unspecified atom stereocenters. The van der Waals surface area contributed by atoms with Gasteiger partial charge in [0.15, 0.2) is 0 Å². The lowest BCUT2D eigenvalue weighted by atomic mass is 10.0. The number of hydrogen-bond donors (Lipinski definition) is 0. The summed E-state index contributed by atoms with van der Waals surface area (Å²) in [5.74, 6) is 0.730. The number of nitrogens with zero attached hydrogens (tertiary/aromatic N) is 2. The fraction of sp³-hybridized carbons (Fsp3) is 0.579. The van der Waals surface area contributed by atoms with E-state index in [9.17, 15) is 9.59 Å². The summed E-state index contributed by atoms with van der Waals surface area (Å²) in [5.41, 5.74) is 1.98. The molecule has 0 N–H and O–H groups in total. The zero-order valence-corrected chi connectivity index (χ0v) is 14.7. The van der Waals surface area contributed by atoms with E-state index in [1.165, 1.54) is 5.56 Å². The molecule has 1 heterocycles. The predicted octanol–water partition coefficient (Wildman–Crippen LogP) is 3.14. The van der Waals surface area contributed by atoms with Gasteiger partial charge in [0, 0.05) is 37.7 Å². The van der Waals surface area contributed by atoms with Crippen LogP contribution in [0.15, 0.2) is 24.3 Å². The molecule has 126 valence electrons. The van der Waals surface area contributed by atoms with E-state index in [0.717, 1.165) is 18.5 Å². The van der Waals surface area contributed by atoms with Gasteiger partial charge < -0.3 is 9.80 Å². The maximum Gasteiger partial charge on any atom is 0.253 e. The Bertz CT molecular complexity index is 549. The first-order chi connectivity index (χ1) is 10.9. The molecule has 1 aliphatic heterocycles. The Balaban J connectivity index is 2.01. The Morgan fingerprint density at radius 1 is 0.870 bits per heavy atom. The summed E-state index contributed by atoms with van der Waals surface area (Å²) in [6, 6.07) is 7.90. The molecule has 0 radical (unpaired) electrons. The molecule has 0 spiro atoms. The van der Waals surface area contributed by atoms with Crippen LogP contribution in [0.1, 0.15) is 56.0 Å². The zero-order valence-electron chi connectivity index (χ0n) is 14.7. The first-order valence-corrected chi connectivity index (χ1v) is 8.58. The van der Waals surface area contributed by atoms with Gasteiger partial charge in [0.25, 0.3) is 5.91 Å². The van der Waals surface area contributed by atoms with E-state index in [2.05, 4.69) is 13.8 Å². The van der Waals surface area contributed by atoms with Gasteiger partial charge >= 0.3 is 0 Å². The topological polar surface area (TPSA) is 40.6 Å². The molecule has 4 nitrogen and oxygen atoms in total. The van der Waals surface area contributed by atoms with Crippen molar-refractivity contribution in [3.8, 4) is 0 Å². The lowest BCUT2D eigenvalue weighted by Crippen LogP contribution is -2.38. The molecule has 1 fully saturated rings. The summed E-state index contributed by atoms with van der Waals surface area (Å²) in [6.45, 7) is 10.8. The summed E-state index contributed by atoms with van der Waals surface area (Å²) in [7, 11) is 0. The fourth-order valence-corrected chi connectivity index (χ4v) is 2.90. The second-order valence-electron chi connectivity index (χ2n) is 6.90. The quantitative estimate of drug-likeness (QED) is 0.859. The second kappa shape index (κ2) is 7.62. The summed E-state index contributed by atoms with van der Waals surface area (Å²) < 4.78 is 0. The van der Waals surface area contributed by atoms with Crippen molar-refractivity contribution in [1.29, 1.82) is 0 Å². The standard InChI is InChI=1S/C19H28N2O2/c1-14(2)16-6-8-17(9-7-16)19(23)21-11-5-10-20(12-13-21)18(22)15(3)4/h6-9,14-15H,5,10-13H2,1-4H3. The van der Waals surface area contributed by atoms with E-state index in [4.69, 9.17) is 0 Å². The van der Waals surface area contributed by atoms with Gasteiger partial charge in [-0.15, -0.1) is 0 Å². The molecule has 1 aliphatic rings. The van der Waals surface area contributed by atoms with Crippen LogP contribution < -0.4 is 0 Å². The Morgan fingerprint density at radius 2 is 1.43 bits per heavy atom. The van der Waals surface area contributed by atoms with Gasteiger partial charge in [-0.25, -0.2) is 0 Å². The molecule has 1 aromatic carbocycles. The molecule has 23 heavy (non-hydrogen) atoms. The van der Waals surface area contributed by atoms with Crippen molar-refractivity contribution in [2.24, 2.45) is 5.92 Å². The van der Waals surface area contributed by atoms with E-state index < -0.39 is 0 Å². The van der Waals surface area contributed by atoms with Crippen LogP contribution in [0.3, 0.4) is 0 Å². The number of carbonyl (C=O) groups excluding carboxylic acids is 2. The first kappa shape index (κ1) is 17.5. The fourth-order valence-electron chi connectivity index (χ4n) is 2.90. The van der Waals surface area contributed by atoms with Crippen molar-refractivity contribution < 1.29 is 9.59 Å². The monoisotopic (exact) mass is 316 g/mol. The third kappa shape index (κ3) is 4.34. The van der Waals surface area contributed by atoms with Crippen molar-refractivity contribution in [2.45, 2.75) is 40.0 Å². The smallest absolute Gasteiger partial charge is 0.253 e. The highest BCUT2D eigenvalue weighted by Gasteiger charge is 2.23. The molecule has 2 amide bonds. The minimum Gasteiger partial charge on any atom is -0.341 e. The van der Waals surface area contributed by atoms with Crippen LogP contribution in [-0.4, -0.2) is 47.8 Å². The Hall–Kier alpha value is -1.84. The van der Waals surface area contributed by atoms with Crippen LogP contribution in [0.4, 0.5) is 0 Å². The highest BCUT2D eigenvalue weighted by Crippen LogP contribution is 2.16. The van der Waals surface area contributed by atoms with Gasteiger partial charge in [0.2, 0.25) is 5.91 Å². The molecule has 0 saturated carbocycles. The first-order valence-electron chi connectivity index (χ1n) is 8.58. The third-order valence-electron chi connectivity index (χ3n) is 4.41. The minimum absolute atomic E-state index is 0.0147. The zero-order chi connectivity index (χ0) is 17.0. The van der Waals surface area contributed by atoms with Crippen molar-refractivity contribution in [2.75, 3.05) is 26.2 Å². The largest absolute Gasteiger partial charge is 0.341 e. The number of benzene rings is 1. The van der Waals surface area contributed by atoms with E-state index in [1.54, 1.807) is 0 Å². The summed E-state index contributed by atoms with van der Waals surface area (Å²) in [5, 5.41) is 0. The van der Waals surface area contributed by atoms with Gasteiger partial charge in [-0.05, 0) is 30.0 Å². The second-order valence-corrected chi connectivity index (χ2v) is 6.90. The molecule has 4 heteroatoms. The predicted molar refractivity (Wildman–Crippen MR) is 92.5 cm³/mol. The average Bonchev–Trinajstić information content (AvgIpc) is 2.79. The molecule has 2 rings (SSSR count). The maximum absolute atomic E-state index is 12.7. The number of hydrogen-bond acceptors (Lipinski definition) is 2. The normalized spacial score (nSPS) is 15.9. The van der Waals surface area contributed by atoms with Gasteiger partial charge in [-0.2, -0.15) is 0 Å². The average molecular weight is 316 g/mol. The van der Waals surface area contributed by atoms with Crippen LogP contribution >= 0.6 is 0 Å². The van der Waals surface area contributed by atoms with Crippen LogP contribution in [0, 0.1) is 5.92 Å². The minimum atomic E-state index is 0.0147. The van der Waals surface area contributed by atoms with Crippen LogP contribution in [0.5, 0.6) is 0 Å². The molecule has 0 bridgehead atoms. The van der Waals surface area contributed by atoms with Gasteiger partial charge in [0.05, 0.1) is 0 Å². The summed E-state index contributed by atoms with van der Waals surface area (Å²) in [6.07, 6.45) is 0.842. The van der Waals surface area contributed by atoms with Crippen molar-refractivity contribution in [3.63, 3.8) is 0 Å². The molecule has 0 aromatic heterocycles. The molecule has 1 aromatic rings. The summed E-state index contributed by atoms with van der Waals surface area (Å²) >= 11 is 0. The van der Waals surface area contributed by atoms with E-state index >= 15 is 0 Å². The van der Waals surface area contributed by atoms with Crippen LogP contribution in [-0.2, 0) is 4.79 Å². The van der Waals surface area contributed by atoms with Crippen molar-refractivity contribution >= 4 is 11.8 Å². The highest BCUT2D eigenvalue weighted by atomic mass is 16.2. The number of amides is 2. The Morgan fingerprint density at radius 3 is 2.00 bits per heavy atom. The molecule has 1 saturated heterocycles. The van der Waals surface area contributed by atoms with Gasteiger partial charge in [0.1, 0.15) is 0 Å². The number of carbonyl (C=O) groups is 2. The SMILES string of the molecule is CC(C)C(=O)N1CCCN(C(=O)c2ccc(C(C)C)cc2)CC1. The van der Waals surface area contributed by atoms with Crippen molar-refractivity contribution in [1.82, 2.24) is 9.80 Å². The van der Waals surface area contributed by atoms with Gasteiger partial charge in [-0.3, -0.25) is 9.59 Å². The third-order valence-corrected chi connectivity index (χ3v) is 4.41. The lowest BCUT2D eigenvalue weighted by Gasteiger charge is -2.23. The van der Waals surface area contributed by atoms with Crippen LogP contribution in [0.2, 0.25) is 0 Å². The lowest BCUT2D eigenvalue weighted by molar-refractivity contribution is -0.134. The maximum atomic E-state index is 12.7. The number of rotatable bonds is 3. The van der Waals surface area contributed by atoms with Crippen molar-refractivity contribution in [3.05, 3.63) is 35.4 Å². The van der Waals surface area contributed by atoms with Gasteiger partial charge in [-0.1, -0.05) is 39.8 Å². The summed E-state index contributed by atoms with van der Waals surface area (Å²) in [4.78, 5) is 28.5. The molecule has 0 aliphatic carbocycles. The highest BCUT2D eigenvalue weighted by molar-refractivity contribution is 5.94. The molecular formula is C19H28N2O2. The van der Waals surface area contributed by atoms with E-state index in [0.29, 0.717) is 25.6 Å². The van der Waals surface area contributed by atoms with Crippen LogP contribution in [0.25, 0.3) is 0 Å². The van der Waals surface area contributed by atoms with E-state index in [1.807, 2.05) is 47.9 Å².